The summed E-state index contributed by atoms with van der Waals surface area (Å²) < 4.78 is 0. The zero-order valence-corrected chi connectivity index (χ0v) is 15.6. The second kappa shape index (κ2) is 8.52. The summed E-state index contributed by atoms with van der Waals surface area (Å²) in [5.74, 6) is 2.87. The van der Waals surface area contributed by atoms with Gasteiger partial charge < -0.3 is 5.11 Å². The van der Waals surface area contributed by atoms with Gasteiger partial charge in [0.05, 0.1) is 5.60 Å². The van der Waals surface area contributed by atoms with Crippen LogP contribution >= 0.6 is 0 Å². The van der Waals surface area contributed by atoms with Crippen LogP contribution in [0.4, 0.5) is 0 Å². The fourth-order valence-corrected chi connectivity index (χ4v) is 5.17. The van der Waals surface area contributed by atoms with E-state index < -0.39 is 5.60 Å². The standard InChI is InChI=1S/C23H36O/c1-2-6-19-9-11-20(12-10-19)13-14-21-15-17-23(24,18-16-21)22-7-4-3-5-8-22/h3-5,7-8,19-21,24H,2,6,9-18H2,1H3. The van der Waals surface area contributed by atoms with E-state index in [4.69, 9.17) is 0 Å². The molecule has 0 unspecified atom stereocenters. The van der Waals surface area contributed by atoms with Crippen LogP contribution in [0, 0.1) is 17.8 Å². The molecule has 134 valence electrons. The highest BCUT2D eigenvalue weighted by molar-refractivity contribution is 5.22. The second-order valence-corrected chi connectivity index (χ2v) is 8.59. The van der Waals surface area contributed by atoms with Crippen molar-refractivity contribution in [3.05, 3.63) is 35.9 Å². The average molecular weight is 329 g/mol. The number of rotatable bonds is 6. The zero-order valence-electron chi connectivity index (χ0n) is 15.6. The van der Waals surface area contributed by atoms with Gasteiger partial charge in [-0.3, -0.25) is 0 Å². The predicted molar refractivity (Wildman–Crippen MR) is 102 cm³/mol. The summed E-state index contributed by atoms with van der Waals surface area (Å²) in [4.78, 5) is 0. The van der Waals surface area contributed by atoms with Gasteiger partial charge in [0, 0.05) is 0 Å². The fourth-order valence-electron chi connectivity index (χ4n) is 5.17. The van der Waals surface area contributed by atoms with Crippen molar-refractivity contribution in [3.8, 4) is 0 Å². The SMILES string of the molecule is CCCC1CCC(CCC2CCC(O)(c3ccccc3)CC2)CC1. The molecule has 0 radical (unpaired) electrons. The highest BCUT2D eigenvalue weighted by Crippen LogP contribution is 2.42. The topological polar surface area (TPSA) is 20.2 Å². The number of hydrogen-bond donors (Lipinski definition) is 1. The molecule has 2 fully saturated rings. The summed E-state index contributed by atoms with van der Waals surface area (Å²) in [6.45, 7) is 2.33. The third-order valence-corrected chi connectivity index (χ3v) is 6.89. The Bertz CT molecular complexity index is 464. The van der Waals surface area contributed by atoms with Crippen molar-refractivity contribution in [2.45, 2.75) is 89.6 Å². The van der Waals surface area contributed by atoms with Crippen molar-refractivity contribution in [2.24, 2.45) is 17.8 Å². The van der Waals surface area contributed by atoms with Crippen LogP contribution in [0.3, 0.4) is 0 Å². The van der Waals surface area contributed by atoms with Crippen molar-refractivity contribution >= 4 is 0 Å². The molecule has 0 bridgehead atoms. The Hall–Kier alpha value is -0.820. The van der Waals surface area contributed by atoms with Crippen LogP contribution in [0.5, 0.6) is 0 Å². The Morgan fingerprint density at radius 3 is 1.83 bits per heavy atom. The first-order chi connectivity index (χ1) is 11.7. The molecule has 2 aliphatic rings. The smallest absolute Gasteiger partial charge is 0.0896 e. The maximum Gasteiger partial charge on any atom is 0.0896 e. The van der Waals surface area contributed by atoms with Crippen LogP contribution in [0.1, 0.15) is 89.5 Å². The Labute approximate surface area is 148 Å². The van der Waals surface area contributed by atoms with E-state index in [9.17, 15) is 5.11 Å². The zero-order chi connectivity index (χ0) is 16.8. The quantitative estimate of drug-likeness (QED) is 0.636. The van der Waals surface area contributed by atoms with Crippen LogP contribution in [0.2, 0.25) is 0 Å². The lowest BCUT2D eigenvalue weighted by Gasteiger charge is -2.37. The van der Waals surface area contributed by atoms with Gasteiger partial charge in [-0.25, -0.2) is 0 Å². The lowest BCUT2D eigenvalue weighted by atomic mass is 9.72. The van der Waals surface area contributed by atoms with Gasteiger partial charge in [0.2, 0.25) is 0 Å². The summed E-state index contributed by atoms with van der Waals surface area (Å²) in [6, 6.07) is 10.3. The minimum absolute atomic E-state index is 0.560. The molecule has 0 heterocycles. The molecular weight excluding hydrogens is 292 g/mol. The minimum atomic E-state index is -0.560. The normalized spacial score (nSPS) is 34.2. The summed E-state index contributed by atoms with van der Waals surface area (Å²) in [7, 11) is 0. The van der Waals surface area contributed by atoms with Gasteiger partial charge in [-0.15, -0.1) is 0 Å². The van der Waals surface area contributed by atoms with E-state index in [1.54, 1.807) is 0 Å². The van der Waals surface area contributed by atoms with Gasteiger partial charge in [0.15, 0.2) is 0 Å². The van der Waals surface area contributed by atoms with Gasteiger partial charge in [-0.1, -0.05) is 88.6 Å². The molecule has 1 nitrogen and oxygen atoms in total. The van der Waals surface area contributed by atoms with Crippen molar-refractivity contribution in [2.75, 3.05) is 0 Å². The van der Waals surface area contributed by atoms with Crippen LogP contribution in [-0.2, 0) is 5.60 Å². The Morgan fingerprint density at radius 1 is 0.792 bits per heavy atom. The van der Waals surface area contributed by atoms with Crippen molar-refractivity contribution in [1.29, 1.82) is 0 Å². The van der Waals surface area contributed by atoms with Crippen LogP contribution in [-0.4, -0.2) is 5.11 Å². The summed E-state index contributed by atoms with van der Waals surface area (Å²) in [6.07, 6.45) is 15.9. The molecule has 0 atom stereocenters. The van der Waals surface area contributed by atoms with Crippen molar-refractivity contribution in [3.63, 3.8) is 0 Å². The number of hydrogen-bond acceptors (Lipinski definition) is 1. The first kappa shape index (κ1) is 18.0. The van der Waals surface area contributed by atoms with Crippen molar-refractivity contribution in [1.82, 2.24) is 0 Å². The van der Waals surface area contributed by atoms with Crippen LogP contribution < -0.4 is 0 Å². The highest BCUT2D eigenvalue weighted by Gasteiger charge is 2.34. The second-order valence-electron chi connectivity index (χ2n) is 8.59. The Balaban J connectivity index is 1.39. The first-order valence-corrected chi connectivity index (χ1v) is 10.5. The van der Waals surface area contributed by atoms with Gasteiger partial charge in [0.25, 0.3) is 0 Å². The van der Waals surface area contributed by atoms with Gasteiger partial charge in [0.1, 0.15) is 0 Å². The lowest BCUT2D eigenvalue weighted by molar-refractivity contribution is -0.0160. The van der Waals surface area contributed by atoms with Gasteiger partial charge in [-0.2, -0.15) is 0 Å². The van der Waals surface area contributed by atoms with E-state index >= 15 is 0 Å². The van der Waals surface area contributed by atoms with E-state index in [1.165, 1.54) is 64.2 Å². The summed E-state index contributed by atoms with van der Waals surface area (Å²) in [5, 5.41) is 11.0. The molecule has 0 aromatic heterocycles. The first-order valence-electron chi connectivity index (χ1n) is 10.5. The molecule has 24 heavy (non-hydrogen) atoms. The average Bonchev–Trinajstić information content (AvgIpc) is 2.64. The molecule has 0 saturated heterocycles. The maximum atomic E-state index is 11.0. The summed E-state index contributed by atoms with van der Waals surface area (Å²) >= 11 is 0. The Kier molecular flexibility index (Phi) is 6.38. The molecule has 1 heteroatoms. The molecule has 0 amide bonds. The third kappa shape index (κ3) is 4.63. The number of aliphatic hydroxyl groups is 1. The maximum absolute atomic E-state index is 11.0. The van der Waals surface area contributed by atoms with Crippen LogP contribution in [0.25, 0.3) is 0 Å². The molecule has 1 N–H and O–H groups in total. The molecule has 1 aromatic carbocycles. The monoisotopic (exact) mass is 328 g/mol. The molecular formula is C23H36O. The fraction of sp³-hybridized carbons (Fsp3) is 0.739. The highest BCUT2D eigenvalue weighted by atomic mass is 16.3. The van der Waals surface area contributed by atoms with Gasteiger partial charge >= 0.3 is 0 Å². The van der Waals surface area contributed by atoms with E-state index in [2.05, 4.69) is 19.1 Å². The van der Waals surface area contributed by atoms with E-state index in [1.807, 2.05) is 18.2 Å². The lowest BCUT2D eigenvalue weighted by Crippen LogP contribution is -2.31. The minimum Gasteiger partial charge on any atom is -0.385 e. The molecule has 3 rings (SSSR count). The van der Waals surface area contributed by atoms with Crippen LogP contribution in [0.15, 0.2) is 30.3 Å². The Morgan fingerprint density at radius 2 is 1.29 bits per heavy atom. The molecule has 1 aromatic rings. The van der Waals surface area contributed by atoms with E-state index in [-0.39, 0.29) is 0 Å². The van der Waals surface area contributed by atoms with E-state index in [0.29, 0.717) is 0 Å². The molecule has 2 saturated carbocycles. The van der Waals surface area contributed by atoms with Gasteiger partial charge in [-0.05, 0) is 49.0 Å². The summed E-state index contributed by atoms with van der Waals surface area (Å²) in [5.41, 5.74) is 0.563. The molecule has 0 spiro atoms. The molecule has 2 aliphatic carbocycles. The predicted octanol–water partition coefficient (Wildman–Crippen LogP) is 6.45. The molecule has 0 aliphatic heterocycles. The van der Waals surface area contributed by atoms with E-state index in [0.717, 1.165) is 36.2 Å². The number of benzene rings is 1. The third-order valence-electron chi connectivity index (χ3n) is 6.89. The largest absolute Gasteiger partial charge is 0.385 e. The van der Waals surface area contributed by atoms with Crippen molar-refractivity contribution < 1.29 is 5.11 Å².